The van der Waals surface area contributed by atoms with Crippen molar-refractivity contribution in [3.63, 3.8) is 0 Å². The number of hydrogen-bond donors (Lipinski definition) is 1. The molecule has 25 heavy (non-hydrogen) atoms. The summed E-state index contributed by atoms with van der Waals surface area (Å²) >= 11 is 0. The molecule has 0 bridgehead atoms. The summed E-state index contributed by atoms with van der Waals surface area (Å²) in [4.78, 5) is 17.4. The smallest absolute Gasteiger partial charge is 0.225 e. The van der Waals surface area contributed by atoms with Gasteiger partial charge in [-0.3, -0.25) is 9.69 Å². The molecule has 0 radical (unpaired) electrons. The van der Waals surface area contributed by atoms with Gasteiger partial charge in [-0.2, -0.15) is 0 Å². The van der Waals surface area contributed by atoms with Crippen molar-refractivity contribution in [1.29, 1.82) is 0 Å². The lowest BCUT2D eigenvalue weighted by Crippen LogP contribution is -2.45. The number of rotatable bonds is 5. The molecule has 2 saturated heterocycles. The molecule has 0 unspecified atom stereocenters. The fraction of sp³-hybridized carbons (Fsp3) is 0.650. The summed E-state index contributed by atoms with van der Waals surface area (Å²) in [5.74, 6) is 0.217. The van der Waals surface area contributed by atoms with Gasteiger partial charge in [0.05, 0.1) is 5.92 Å². The first kappa shape index (κ1) is 18.4. The van der Waals surface area contributed by atoms with Gasteiger partial charge in [0.25, 0.3) is 0 Å². The van der Waals surface area contributed by atoms with Crippen molar-refractivity contribution in [2.75, 3.05) is 53.0 Å². The van der Waals surface area contributed by atoms with E-state index in [1.54, 1.807) is 7.05 Å². The van der Waals surface area contributed by atoms with Crippen molar-refractivity contribution >= 4 is 5.91 Å². The standard InChI is InChI=1S/C20H31N3O2/c1-21-20(24)18-15-22(10-7-17-5-3-2-4-6-17)11-12-23(16-18)19-8-13-25-14-9-19/h2-6,18-19H,7-16H2,1H3,(H,21,24)/t18-/m1/s1. The fourth-order valence-corrected chi connectivity index (χ4v) is 3.99. The second-order valence-corrected chi connectivity index (χ2v) is 7.19. The maximum Gasteiger partial charge on any atom is 0.225 e. The third-order valence-corrected chi connectivity index (χ3v) is 5.52. The zero-order valence-electron chi connectivity index (χ0n) is 15.3. The second-order valence-electron chi connectivity index (χ2n) is 7.19. The average molecular weight is 345 g/mol. The Labute approximate surface area is 151 Å². The summed E-state index contributed by atoms with van der Waals surface area (Å²) in [5.41, 5.74) is 1.37. The number of ether oxygens (including phenoxy) is 1. The Bertz CT molecular complexity index is 531. The quantitative estimate of drug-likeness (QED) is 0.876. The zero-order valence-corrected chi connectivity index (χ0v) is 15.3. The van der Waals surface area contributed by atoms with Gasteiger partial charge in [-0.15, -0.1) is 0 Å². The first-order valence-corrected chi connectivity index (χ1v) is 9.56. The molecular weight excluding hydrogens is 314 g/mol. The van der Waals surface area contributed by atoms with Crippen LogP contribution in [0.2, 0.25) is 0 Å². The molecule has 2 heterocycles. The summed E-state index contributed by atoms with van der Waals surface area (Å²) in [7, 11) is 1.75. The minimum atomic E-state index is 0.0473. The van der Waals surface area contributed by atoms with E-state index in [4.69, 9.17) is 4.74 Å². The van der Waals surface area contributed by atoms with Gasteiger partial charge < -0.3 is 15.0 Å². The molecule has 138 valence electrons. The van der Waals surface area contributed by atoms with Crippen LogP contribution in [0.5, 0.6) is 0 Å². The average Bonchev–Trinajstić information content (AvgIpc) is 2.90. The first-order valence-electron chi connectivity index (χ1n) is 9.56. The van der Waals surface area contributed by atoms with E-state index in [1.165, 1.54) is 5.56 Å². The van der Waals surface area contributed by atoms with E-state index in [9.17, 15) is 4.79 Å². The van der Waals surface area contributed by atoms with E-state index in [2.05, 4.69) is 45.4 Å². The van der Waals surface area contributed by atoms with Crippen LogP contribution in [-0.2, 0) is 16.0 Å². The molecule has 5 nitrogen and oxygen atoms in total. The van der Waals surface area contributed by atoms with Gasteiger partial charge >= 0.3 is 0 Å². The van der Waals surface area contributed by atoms with Crippen molar-refractivity contribution in [1.82, 2.24) is 15.1 Å². The number of carbonyl (C=O) groups is 1. The molecule has 1 N–H and O–H groups in total. The van der Waals surface area contributed by atoms with Crippen LogP contribution in [0.3, 0.4) is 0 Å². The zero-order chi connectivity index (χ0) is 17.5. The number of amides is 1. The van der Waals surface area contributed by atoms with Crippen molar-refractivity contribution < 1.29 is 9.53 Å². The third kappa shape index (κ3) is 5.27. The van der Waals surface area contributed by atoms with E-state index in [0.29, 0.717) is 6.04 Å². The van der Waals surface area contributed by atoms with Gasteiger partial charge in [0.2, 0.25) is 5.91 Å². The summed E-state index contributed by atoms with van der Waals surface area (Å²) in [6.45, 7) is 6.52. The molecule has 1 aromatic rings. The highest BCUT2D eigenvalue weighted by molar-refractivity contribution is 5.78. The Morgan fingerprint density at radius 3 is 2.64 bits per heavy atom. The van der Waals surface area contributed by atoms with Crippen LogP contribution in [0, 0.1) is 5.92 Å². The van der Waals surface area contributed by atoms with Crippen LogP contribution >= 0.6 is 0 Å². The number of carbonyl (C=O) groups excluding carboxylic acids is 1. The lowest BCUT2D eigenvalue weighted by Gasteiger charge is -2.34. The molecule has 0 aliphatic carbocycles. The molecular formula is C20H31N3O2. The van der Waals surface area contributed by atoms with Crippen LogP contribution in [0.4, 0.5) is 0 Å². The van der Waals surface area contributed by atoms with Crippen molar-refractivity contribution in [2.24, 2.45) is 5.92 Å². The maximum absolute atomic E-state index is 12.4. The largest absolute Gasteiger partial charge is 0.381 e. The molecule has 0 saturated carbocycles. The summed E-state index contributed by atoms with van der Waals surface area (Å²) in [5, 5.41) is 2.86. The highest BCUT2D eigenvalue weighted by atomic mass is 16.5. The first-order chi connectivity index (χ1) is 12.3. The molecule has 2 fully saturated rings. The molecule has 1 aromatic carbocycles. The lowest BCUT2D eigenvalue weighted by molar-refractivity contribution is -0.125. The Balaban J connectivity index is 1.61. The number of nitrogens with one attached hydrogen (secondary N) is 1. The summed E-state index contributed by atoms with van der Waals surface area (Å²) in [6.07, 6.45) is 3.22. The number of hydrogen-bond acceptors (Lipinski definition) is 4. The van der Waals surface area contributed by atoms with Crippen LogP contribution in [-0.4, -0.2) is 74.7 Å². The van der Waals surface area contributed by atoms with Gasteiger partial charge in [-0.1, -0.05) is 30.3 Å². The van der Waals surface area contributed by atoms with Crippen molar-refractivity contribution in [3.05, 3.63) is 35.9 Å². The SMILES string of the molecule is CNC(=O)[C@@H]1CN(CCc2ccccc2)CCN(C2CCOCC2)C1. The van der Waals surface area contributed by atoms with E-state index in [-0.39, 0.29) is 11.8 Å². The highest BCUT2D eigenvalue weighted by Crippen LogP contribution is 2.19. The molecule has 2 aliphatic heterocycles. The fourth-order valence-electron chi connectivity index (χ4n) is 3.99. The predicted molar refractivity (Wildman–Crippen MR) is 99.6 cm³/mol. The lowest BCUT2D eigenvalue weighted by atomic mass is 10.0. The Kier molecular flexibility index (Phi) is 6.84. The maximum atomic E-state index is 12.4. The monoisotopic (exact) mass is 345 g/mol. The van der Waals surface area contributed by atoms with Gasteiger partial charge in [0.1, 0.15) is 0 Å². The van der Waals surface area contributed by atoms with Gasteiger partial charge in [0, 0.05) is 59.0 Å². The molecule has 1 amide bonds. The molecule has 5 heteroatoms. The third-order valence-electron chi connectivity index (χ3n) is 5.52. The predicted octanol–water partition coefficient (Wildman–Crippen LogP) is 1.39. The highest BCUT2D eigenvalue weighted by Gasteiger charge is 2.31. The Hall–Kier alpha value is -1.43. The number of benzene rings is 1. The van der Waals surface area contributed by atoms with Crippen LogP contribution in [0.1, 0.15) is 18.4 Å². The van der Waals surface area contributed by atoms with E-state index < -0.39 is 0 Å². The molecule has 0 aromatic heterocycles. The van der Waals surface area contributed by atoms with Gasteiger partial charge in [0.15, 0.2) is 0 Å². The van der Waals surface area contributed by atoms with Crippen LogP contribution in [0.25, 0.3) is 0 Å². The molecule has 1 atom stereocenters. The molecule has 3 rings (SSSR count). The molecule has 0 spiro atoms. The normalized spacial score (nSPS) is 24.0. The molecule has 2 aliphatic rings. The van der Waals surface area contributed by atoms with Crippen molar-refractivity contribution in [3.8, 4) is 0 Å². The van der Waals surface area contributed by atoms with Crippen LogP contribution < -0.4 is 5.32 Å². The second kappa shape index (κ2) is 9.32. The Morgan fingerprint density at radius 2 is 1.92 bits per heavy atom. The topological polar surface area (TPSA) is 44.8 Å². The van der Waals surface area contributed by atoms with E-state index >= 15 is 0 Å². The minimum absolute atomic E-state index is 0.0473. The van der Waals surface area contributed by atoms with Gasteiger partial charge in [-0.05, 0) is 24.8 Å². The Morgan fingerprint density at radius 1 is 1.16 bits per heavy atom. The van der Waals surface area contributed by atoms with Crippen molar-refractivity contribution in [2.45, 2.75) is 25.3 Å². The van der Waals surface area contributed by atoms with Gasteiger partial charge in [-0.25, -0.2) is 0 Å². The summed E-state index contributed by atoms with van der Waals surface area (Å²) < 4.78 is 5.51. The number of nitrogens with zero attached hydrogens (tertiary/aromatic N) is 2. The van der Waals surface area contributed by atoms with Crippen LogP contribution in [0.15, 0.2) is 30.3 Å². The van der Waals surface area contributed by atoms with E-state index in [1.807, 2.05) is 0 Å². The van der Waals surface area contributed by atoms with E-state index in [0.717, 1.165) is 65.2 Å². The minimum Gasteiger partial charge on any atom is -0.381 e. The summed E-state index contributed by atoms with van der Waals surface area (Å²) in [6, 6.07) is 11.2.